The van der Waals surface area contributed by atoms with Crippen molar-refractivity contribution < 1.29 is 13.9 Å². The van der Waals surface area contributed by atoms with E-state index in [1.807, 2.05) is 24.3 Å². The normalized spacial score (nSPS) is 12.9. The number of carbonyl (C=O) groups excluding carboxylic acids is 1. The number of thioether (sulfide) groups is 1. The zero-order valence-electron chi connectivity index (χ0n) is 23.8. The quantitative estimate of drug-likeness (QED) is 0.180. The van der Waals surface area contributed by atoms with Gasteiger partial charge in [-0.1, -0.05) is 95.8 Å². The predicted octanol–water partition coefficient (Wildman–Crippen LogP) is 9.92. The summed E-state index contributed by atoms with van der Waals surface area (Å²) >= 11 is 1.77. The summed E-state index contributed by atoms with van der Waals surface area (Å²) in [5.74, 6) is 0.654. The molecule has 0 aromatic heterocycles. The first-order valence-corrected chi connectivity index (χ1v) is 15.7. The van der Waals surface area contributed by atoms with Crippen LogP contribution in [0.15, 0.2) is 53.6 Å². The number of nitrogens with one attached hydrogen (secondary N) is 2. The molecule has 2 amide bonds. The zero-order chi connectivity index (χ0) is 27.7. The average molecular weight is 556 g/mol. The molecule has 5 nitrogen and oxygen atoms in total. The van der Waals surface area contributed by atoms with Crippen molar-refractivity contribution in [1.29, 1.82) is 0 Å². The van der Waals surface area contributed by atoms with E-state index in [-0.39, 0.29) is 5.75 Å². The Morgan fingerprint density at radius 3 is 2.23 bits per heavy atom. The summed E-state index contributed by atoms with van der Waals surface area (Å²) < 4.78 is 20.2. The summed E-state index contributed by atoms with van der Waals surface area (Å²) in [7, 11) is 0. The molecular weight excluding hydrogens is 509 g/mol. The molecule has 0 atom stereocenters. The van der Waals surface area contributed by atoms with Gasteiger partial charge in [0, 0.05) is 29.7 Å². The van der Waals surface area contributed by atoms with E-state index in [4.69, 9.17) is 4.74 Å². The number of ether oxygens (including phenoxy) is 1. The van der Waals surface area contributed by atoms with E-state index in [0.29, 0.717) is 18.8 Å². The number of rotatable bonds is 18. The lowest BCUT2D eigenvalue weighted by Gasteiger charge is -2.21. The van der Waals surface area contributed by atoms with Crippen molar-refractivity contribution in [1.82, 2.24) is 4.90 Å². The van der Waals surface area contributed by atoms with E-state index < -0.39 is 11.8 Å². The second kappa shape index (κ2) is 17.8. The molecule has 2 aromatic rings. The van der Waals surface area contributed by atoms with Crippen LogP contribution in [0.4, 0.5) is 20.6 Å². The summed E-state index contributed by atoms with van der Waals surface area (Å²) in [6.45, 7) is 5.56. The highest BCUT2D eigenvalue weighted by Crippen LogP contribution is 2.27. The standard InChI is InChI=1S/C32H46FN3O2S/c1-3-4-5-6-7-8-9-10-11-12-13-16-21-38-31-20-19-28(22-29(31)33)34-32(37)35-30-18-15-14-17-27(30)23-36-25-39-24-26(36)2/h14-15,17-20,22,24H,3-13,16,21,23,25H2,1-2H3,(H2,34,35,37). The van der Waals surface area contributed by atoms with Gasteiger partial charge in [0.1, 0.15) is 0 Å². The molecule has 0 bridgehead atoms. The maximum atomic E-state index is 14.6. The van der Waals surface area contributed by atoms with Gasteiger partial charge in [0.2, 0.25) is 0 Å². The summed E-state index contributed by atoms with van der Waals surface area (Å²) in [6, 6.07) is 11.9. The Balaban J connectivity index is 1.32. The Morgan fingerprint density at radius 1 is 0.923 bits per heavy atom. The Morgan fingerprint density at radius 2 is 1.59 bits per heavy atom. The first kappa shape index (κ1) is 30.9. The van der Waals surface area contributed by atoms with Gasteiger partial charge >= 0.3 is 6.03 Å². The number of hydrogen-bond acceptors (Lipinski definition) is 4. The lowest BCUT2D eigenvalue weighted by molar-refractivity contribution is 0.262. The molecule has 0 saturated heterocycles. The van der Waals surface area contributed by atoms with Crippen LogP contribution in [0.2, 0.25) is 0 Å². The number of carbonyl (C=O) groups is 1. The average Bonchev–Trinajstić information content (AvgIpc) is 3.33. The zero-order valence-corrected chi connectivity index (χ0v) is 24.6. The number of halogens is 1. The number of urea groups is 1. The fraction of sp³-hybridized carbons (Fsp3) is 0.531. The third kappa shape index (κ3) is 11.5. The molecular formula is C32H46FN3O2S. The van der Waals surface area contributed by atoms with E-state index in [9.17, 15) is 9.18 Å². The van der Waals surface area contributed by atoms with E-state index in [0.717, 1.165) is 30.0 Å². The lowest BCUT2D eigenvalue weighted by atomic mass is 10.1. The minimum Gasteiger partial charge on any atom is -0.491 e. The first-order valence-electron chi connectivity index (χ1n) is 14.7. The molecule has 1 aliphatic rings. The van der Waals surface area contributed by atoms with E-state index in [2.05, 4.69) is 34.8 Å². The Bertz CT molecular complexity index is 1050. The van der Waals surface area contributed by atoms with Gasteiger partial charge in [-0.25, -0.2) is 9.18 Å². The van der Waals surface area contributed by atoms with Crippen LogP contribution in [0.1, 0.15) is 96.5 Å². The number of benzene rings is 2. The maximum Gasteiger partial charge on any atom is 0.323 e. The van der Waals surface area contributed by atoms with E-state index >= 15 is 0 Å². The number of hydrogen-bond donors (Lipinski definition) is 2. The highest BCUT2D eigenvalue weighted by atomic mass is 32.2. The molecule has 0 fully saturated rings. The first-order chi connectivity index (χ1) is 19.1. The monoisotopic (exact) mass is 555 g/mol. The highest BCUT2D eigenvalue weighted by molar-refractivity contribution is 8.02. The van der Waals surface area contributed by atoms with Crippen molar-refractivity contribution in [2.24, 2.45) is 0 Å². The van der Waals surface area contributed by atoms with E-state index in [1.54, 1.807) is 23.9 Å². The van der Waals surface area contributed by atoms with Crippen LogP contribution in [0.25, 0.3) is 0 Å². The number of para-hydroxylation sites is 1. The van der Waals surface area contributed by atoms with E-state index in [1.165, 1.54) is 76.0 Å². The molecule has 2 N–H and O–H groups in total. The Labute approximate surface area is 239 Å². The number of allylic oxidation sites excluding steroid dienone is 1. The number of amides is 2. The van der Waals surface area contributed by atoms with Gasteiger partial charge in [-0.2, -0.15) is 0 Å². The van der Waals surface area contributed by atoms with Crippen molar-refractivity contribution in [3.05, 3.63) is 65.0 Å². The molecule has 7 heteroatoms. The molecule has 1 aliphatic heterocycles. The van der Waals surface area contributed by atoms with Crippen LogP contribution in [0, 0.1) is 5.82 Å². The molecule has 39 heavy (non-hydrogen) atoms. The molecule has 214 valence electrons. The minimum absolute atomic E-state index is 0.223. The van der Waals surface area contributed by atoms with Crippen molar-refractivity contribution >= 4 is 29.2 Å². The molecule has 0 spiro atoms. The van der Waals surface area contributed by atoms with Crippen molar-refractivity contribution in [2.45, 2.75) is 97.4 Å². The Kier molecular flexibility index (Phi) is 14.1. The SMILES string of the molecule is CCCCCCCCCCCCCCOc1ccc(NC(=O)Nc2ccccc2CN2CSC=C2C)cc1F. The predicted molar refractivity (Wildman–Crippen MR) is 164 cm³/mol. The van der Waals surface area contributed by atoms with Crippen LogP contribution >= 0.6 is 11.8 Å². The topological polar surface area (TPSA) is 53.6 Å². The fourth-order valence-corrected chi connectivity index (χ4v) is 5.63. The summed E-state index contributed by atoms with van der Waals surface area (Å²) in [5.41, 5.74) is 3.36. The minimum atomic E-state index is -0.471. The van der Waals surface area contributed by atoms with Crippen molar-refractivity contribution in [2.75, 3.05) is 23.1 Å². The van der Waals surface area contributed by atoms with Gasteiger partial charge in [-0.15, -0.1) is 11.8 Å². The van der Waals surface area contributed by atoms with Gasteiger partial charge in [0.25, 0.3) is 0 Å². The van der Waals surface area contributed by atoms with Gasteiger partial charge < -0.3 is 20.3 Å². The van der Waals surface area contributed by atoms with Gasteiger partial charge in [-0.05, 0) is 42.5 Å². The van der Waals surface area contributed by atoms with Gasteiger partial charge in [0.15, 0.2) is 11.6 Å². The molecule has 2 aromatic carbocycles. The highest BCUT2D eigenvalue weighted by Gasteiger charge is 2.15. The maximum absolute atomic E-state index is 14.6. The lowest BCUT2D eigenvalue weighted by Crippen LogP contribution is -2.22. The molecule has 0 saturated carbocycles. The molecule has 3 rings (SSSR count). The van der Waals surface area contributed by atoms with Crippen molar-refractivity contribution in [3.8, 4) is 5.75 Å². The van der Waals surface area contributed by atoms with Crippen LogP contribution in [-0.2, 0) is 6.54 Å². The second-order valence-electron chi connectivity index (χ2n) is 10.4. The largest absolute Gasteiger partial charge is 0.491 e. The number of nitrogens with zero attached hydrogens (tertiary/aromatic N) is 1. The van der Waals surface area contributed by atoms with Crippen LogP contribution < -0.4 is 15.4 Å². The van der Waals surface area contributed by atoms with Crippen LogP contribution in [0.5, 0.6) is 5.75 Å². The molecule has 0 aliphatic carbocycles. The summed E-state index contributed by atoms with van der Waals surface area (Å²) in [6.07, 6.45) is 15.3. The summed E-state index contributed by atoms with van der Waals surface area (Å²) in [5, 5.41) is 7.78. The van der Waals surface area contributed by atoms with Crippen LogP contribution in [0.3, 0.4) is 0 Å². The third-order valence-corrected chi connectivity index (χ3v) is 8.02. The molecule has 1 heterocycles. The smallest absolute Gasteiger partial charge is 0.323 e. The molecule has 0 unspecified atom stereocenters. The summed E-state index contributed by atoms with van der Waals surface area (Å²) in [4.78, 5) is 14.9. The van der Waals surface area contributed by atoms with Gasteiger partial charge in [0.05, 0.1) is 12.5 Å². The second-order valence-corrected chi connectivity index (χ2v) is 11.2. The number of anilines is 2. The Hall–Kier alpha value is -2.67. The van der Waals surface area contributed by atoms with Crippen LogP contribution in [-0.4, -0.2) is 23.4 Å². The number of unbranched alkanes of at least 4 members (excludes halogenated alkanes) is 11. The van der Waals surface area contributed by atoms with Crippen molar-refractivity contribution in [3.63, 3.8) is 0 Å². The third-order valence-electron chi connectivity index (χ3n) is 7.06. The molecule has 0 radical (unpaired) electrons. The van der Waals surface area contributed by atoms with Gasteiger partial charge in [-0.3, -0.25) is 0 Å². The fourth-order valence-electron chi connectivity index (χ4n) is 4.69.